The SMILES string of the molecule is C=CCOCC(NC(=O)c1ccc2c(c1)S(=O)(=O)N(C(C)C)C2=O)C(=O)O. The summed E-state index contributed by atoms with van der Waals surface area (Å²) in [5.74, 6) is -2.76. The van der Waals surface area contributed by atoms with Crippen LogP contribution >= 0.6 is 0 Å². The maximum atomic E-state index is 12.6. The van der Waals surface area contributed by atoms with Gasteiger partial charge >= 0.3 is 5.97 Å². The number of hydrogen-bond acceptors (Lipinski definition) is 6. The van der Waals surface area contributed by atoms with Crippen LogP contribution < -0.4 is 5.32 Å². The number of benzene rings is 1. The highest BCUT2D eigenvalue weighted by molar-refractivity contribution is 7.90. The van der Waals surface area contributed by atoms with E-state index in [0.29, 0.717) is 0 Å². The minimum absolute atomic E-state index is 0.0237. The third-order valence-electron chi connectivity index (χ3n) is 3.80. The lowest BCUT2D eigenvalue weighted by Gasteiger charge is -2.18. The van der Waals surface area contributed by atoms with Crippen LogP contribution in [0.5, 0.6) is 0 Å². The van der Waals surface area contributed by atoms with Gasteiger partial charge in [-0.3, -0.25) is 9.59 Å². The largest absolute Gasteiger partial charge is 0.480 e. The fourth-order valence-corrected chi connectivity index (χ4v) is 4.38. The molecular weight excluding hydrogens is 376 g/mol. The first-order valence-corrected chi connectivity index (χ1v) is 9.50. The molecular formula is C17H20N2O7S. The number of hydrogen-bond donors (Lipinski definition) is 2. The van der Waals surface area contributed by atoms with Gasteiger partial charge in [0.25, 0.3) is 21.8 Å². The second kappa shape index (κ2) is 7.89. The summed E-state index contributed by atoms with van der Waals surface area (Å²) in [7, 11) is -4.06. The third kappa shape index (κ3) is 4.01. The second-order valence-electron chi connectivity index (χ2n) is 6.10. The maximum absolute atomic E-state index is 12.6. The average Bonchev–Trinajstić information content (AvgIpc) is 2.79. The van der Waals surface area contributed by atoms with Crippen LogP contribution in [-0.4, -0.2) is 60.9 Å². The summed E-state index contributed by atoms with van der Waals surface area (Å²) in [6, 6.07) is 1.69. The van der Waals surface area contributed by atoms with Crippen LogP contribution in [0.3, 0.4) is 0 Å². The normalized spacial score (nSPS) is 16.1. The number of carboxylic acids is 1. The fraction of sp³-hybridized carbons (Fsp3) is 0.353. The van der Waals surface area contributed by atoms with Crippen molar-refractivity contribution in [1.29, 1.82) is 0 Å². The zero-order valence-corrected chi connectivity index (χ0v) is 15.7. The molecule has 1 atom stereocenters. The number of nitrogens with one attached hydrogen (secondary N) is 1. The number of nitrogens with zero attached hydrogens (tertiary/aromatic N) is 1. The van der Waals surface area contributed by atoms with E-state index in [4.69, 9.17) is 9.84 Å². The van der Waals surface area contributed by atoms with E-state index in [9.17, 15) is 22.8 Å². The molecule has 0 saturated carbocycles. The maximum Gasteiger partial charge on any atom is 0.328 e. The zero-order valence-electron chi connectivity index (χ0n) is 14.8. The van der Waals surface area contributed by atoms with E-state index >= 15 is 0 Å². The number of rotatable bonds is 8. The van der Waals surface area contributed by atoms with Gasteiger partial charge in [0.05, 0.1) is 18.8 Å². The van der Waals surface area contributed by atoms with Crippen LogP contribution in [0.25, 0.3) is 0 Å². The van der Waals surface area contributed by atoms with E-state index in [-0.39, 0.29) is 29.2 Å². The van der Waals surface area contributed by atoms with E-state index in [1.165, 1.54) is 18.2 Å². The fourth-order valence-electron chi connectivity index (χ4n) is 2.59. The number of carbonyl (C=O) groups excluding carboxylic acids is 2. The predicted octanol–water partition coefficient (Wildman–Crippen LogP) is 0.625. The molecule has 0 fully saturated rings. The first kappa shape index (κ1) is 20.6. The van der Waals surface area contributed by atoms with Crippen molar-refractivity contribution < 1.29 is 32.6 Å². The van der Waals surface area contributed by atoms with Crippen molar-refractivity contribution in [2.45, 2.75) is 30.8 Å². The Kier molecular flexibility index (Phi) is 6.01. The van der Waals surface area contributed by atoms with Gasteiger partial charge in [0, 0.05) is 11.6 Å². The molecule has 27 heavy (non-hydrogen) atoms. The highest BCUT2D eigenvalue weighted by Crippen LogP contribution is 2.32. The van der Waals surface area contributed by atoms with Crippen molar-refractivity contribution in [2.75, 3.05) is 13.2 Å². The van der Waals surface area contributed by atoms with Crippen LogP contribution in [0, 0.1) is 0 Å². The van der Waals surface area contributed by atoms with Crippen LogP contribution in [0.4, 0.5) is 0 Å². The van der Waals surface area contributed by atoms with Gasteiger partial charge in [-0.2, -0.15) is 0 Å². The molecule has 0 radical (unpaired) electrons. The van der Waals surface area contributed by atoms with Crippen molar-refractivity contribution in [2.24, 2.45) is 0 Å². The number of amides is 2. The number of aliphatic carboxylic acids is 1. The first-order chi connectivity index (χ1) is 12.6. The number of carboxylic acid groups (broad SMARTS) is 1. The molecule has 1 aliphatic rings. The molecule has 146 valence electrons. The van der Waals surface area contributed by atoms with Gasteiger partial charge < -0.3 is 15.2 Å². The summed E-state index contributed by atoms with van der Waals surface area (Å²) in [6.45, 7) is 6.40. The van der Waals surface area contributed by atoms with E-state index < -0.39 is 39.9 Å². The molecule has 0 aromatic heterocycles. The topological polar surface area (TPSA) is 130 Å². The second-order valence-corrected chi connectivity index (χ2v) is 7.88. The van der Waals surface area contributed by atoms with Crippen molar-refractivity contribution in [1.82, 2.24) is 9.62 Å². The molecule has 2 rings (SSSR count). The minimum atomic E-state index is -4.06. The molecule has 0 bridgehead atoms. The van der Waals surface area contributed by atoms with E-state index in [1.54, 1.807) is 13.8 Å². The summed E-state index contributed by atoms with van der Waals surface area (Å²) >= 11 is 0. The molecule has 2 amide bonds. The molecule has 0 saturated heterocycles. The molecule has 1 unspecified atom stereocenters. The summed E-state index contributed by atoms with van der Waals surface area (Å²) in [6.07, 6.45) is 1.43. The van der Waals surface area contributed by atoms with E-state index in [0.717, 1.165) is 10.4 Å². The highest BCUT2D eigenvalue weighted by atomic mass is 32.2. The van der Waals surface area contributed by atoms with Gasteiger partial charge in [-0.25, -0.2) is 17.5 Å². The smallest absolute Gasteiger partial charge is 0.328 e. The summed E-state index contributed by atoms with van der Waals surface area (Å²) in [4.78, 5) is 35.6. The average molecular weight is 396 g/mol. The van der Waals surface area contributed by atoms with Crippen LogP contribution in [0.2, 0.25) is 0 Å². The van der Waals surface area contributed by atoms with Crippen molar-refractivity contribution >= 4 is 27.8 Å². The molecule has 9 nitrogen and oxygen atoms in total. The Labute approximate surface area is 156 Å². The Bertz CT molecular complexity index is 893. The number of fused-ring (bicyclic) bond motifs is 1. The van der Waals surface area contributed by atoms with Crippen LogP contribution in [0.15, 0.2) is 35.7 Å². The first-order valence-electron chi connectivity index (χ1n) is 8.06. The Morgan fingerprint density at radius 1 is 1.37 bits per heavy atom. The molecule has 1 aromatic carbocycles. The summed E-state index contributed by atoms with van der Waals surface area (Å²) < 4.78 is 30.9. The molecule has 0 aliphatic carbocycles. The minimum Gasteiger partial charge on any atom is -0.480 e. The van der Waals surface area contributed by atoms with Gasteiger partial charge in [0.2, 0.25) is 0 Å². The molecule has 2 N–H and O–H groups in total. The lowest BCUT2D eigenvalue weighted by Crippen LogP contribution is -2.44. The lowest BCUT2D eigenvalue weighted by atomic mass is 10.1. The molecule has 1 aromatic rings. The standard InChI is InChI=1S/C17H20N2O7S/c1-4-7-26-9-13(17(22)23)18-15(20)11-5-6-12-14(8-11)27(24,25)19(10(2)3)16(12)21/h4-6,8,10,13H,1,7,9H2,2-3H3,(H,18,20)(H,22,23). The Morgan fingerprint density at radius 2 is 2.04 bits per heavy atom. The molecule has 0 spiro atoms. The van der Waals surface area contributed by atoms with Crippen LogP contribution in [-0.2, 0) is 19.6 Å². The summed E-state index contributed by atoms with van der Waals surface area (Å²) in [5, 5.41) is 11.4. The van der Waals surface area contributed by atoms with Gasteiger partial charge in [0.15, 0.2) is 6.04 Å². The van der Waals surface area contributed by atoms with Crippen molar-refractivity contribution in [3.8, 4) is 0 Å². The van der Waals surface area contributed by atoms with Gasteiger partial charge in [0.1, 0.15) is 4.90 Å². The number of carbonyl (C=O) groups is 3. The van der Waals surface area contributed by atoms with E-state index in [2.05, 4.69) is 11.9 Å². The Hall–Kier alpha value is -2.72. The van der Waals surface area contributed by atoms with Crippen molar-refractivity contribution in [3.63, 3.8) is 0 Å². The number of sulfonamides is 1. The predicted molar refractivity (Wildman–Crippen MR) is 94.8 cm³/mol. The molecule has 1 aliphatic heterocycles. The quantitative estimate of drug-likeness (QED) is 0.487. The van der Waals surface area contributed by atoms with Crippen molar-refractivity contribution in [3.05, 3.63) is 42.0 Å². The molecule has 1 heterocycles. The van der Waals surface area contributed by atoms with Gasteiger partial charge in [-0.05, 0) is 32.0 Å². The number of ether oxygens (including phenoxy) is 1. The Morgan fingerprint density at radius 3 is 2.59 bits per heavy atom. The van der Waals surface area contributed by atoms with Gasteiger partial charge in [-0.15, -0.1) is 6.58 Å². The zero-order chi connectivity index (χ0) is 20.4. The van der Waals surface area contributed by atoms with Crippen LogP contribution in [0.1, 0.15) is 34.6 Å². The summed E-state index contributed by atoms with van der Waals surface area (Å²) in [5.41, 5.74) is -0.102. The third-order valence-corrected chi connectivity index (χ3v) is 5.80. The monoisotopic (exact) mass is 396 g/mol. The van der Waals surface area contributed by atoms with E-state index in [1.807, 2.05) is 0 Å². The lowest BCUT2D eigenvalue weighted by molar-refractivity contribution is -0.140. The highest BCUT2D eigenvalue weighted by Gasteiger charge is 2.43. The van der Waals surface area contributed by atoms with Gasteiger partial charge in [-0.1, -0.05) is 6.08 Å². The molecule has 10 heteroatoms. The Balaban J connectivity index is 2.28.